The van der Waals surface area contributed by atoms with Crippen molar-refractivity contribution >= 4 is 45.0 Å². The molecule has 0 aliphatic carbocycles. The Labute approximate surface area is 166 Å². The molecule has 4 rings (SSSR count). The summed E-state index contributed by atoms with van der Waals surface area (Å²) in [7, 11) is 0. The van der Waals surface area contributed by atoms with E-state index >= 15 is 0 Å². The SMILES string of the molecule is O=C(NCc1ccc(Cl)cc1)[C@@H]1CCCN1c1nnc(N2CCCC2=O)s1. The van der Waals surface area contributed by atoms with Crippen LogP contribution in [-0.4, -0.2) is 41.1 Å². The molecule has 2 aromatic rings. The Bertz CT molecular complexity index is 841. The summed E-state index contributed by atoms with van der Waals surface area (Å²) in [6.45, 7) is 1.92. The van der Waals surface area contributed by atoms with Crippen molar-refractivity contribution in [1.82, 2.24) is 15.5 Å². The first kappa shape index (κ1) is 18.2. The van der Waals surface area contributed by atoms with E-state index in [-0.39, 0.29) is 17.9 Å². The van der Waals surface area contributed by atoms with E-state index in [2.05, 4.69) is 15.5 Å². The van der Waals surface area contributed by atoms with Gasteiger partial charge >= 0.3 is 0 Å². The van der Waals surface area contributed by atoms with Gasteiger partial charge in [-0.15, -0.1) is 10.2 Å². The van der Waals surface area contributed by atoms with Crippen LogP contribution in [0.15, 0.2) is 24.3 Å². The Hall–Kier alpha value is -2.19. The number of anilines is 2. The molecule has 2 aliphatic heterocycles. The number of carbonyl (C=O) groups excluding carboxylic acids is 2. The van der Waals surface area contributed by atoms with Crippen molar-refractivity contribution in [1.29, 1.82) is 0 Å². The highest BCUT2D eigenvalue weighted by molar-refractivity contribution is 7.19. The van der Waals surface area contributed by atoms with Crippen LogP contribution < -0.4 is 15.1 Å². The van der Waals surface area contributed by atoms with Gasteiger partial charge in [-0.2, -0.15) is 0 Å². The predicted molar refractivity (Wildman–Crippen MR) is 105 cm³/mol. The molecule has 0 bridgehead atoms. The van der Waals surface area contributed by atoms with Crippen LogP contribution in [0.3, 0.4) is 0 Å². The standard InChI is InChI=1S/C18H20ClN5O2S/c19-13-7-5-12(6-8-13)11-20-16(26)14-3-1-9-23(14)17-21-22-18(27-17)24-10-2-4-15(24)25/h5-8,14H,1-4,9-11H2,(H,20,26)/t14-/m0/s1. The zero-order valence-corrected chi connectivity index (χ0v) is 16.3. The molecule has 1 aromatic carbocycles. The van der Waals surface area contributed by atoms with E-state index in [0.29, 0.717) is 34.8 Å². The van der Waals surface area contributed by atoms with Gasteiger partial charge in [0.15, 0.2) is 0 Å². The van der Waals surface area contributed by atoms with Crippen molar-refractivity contribution in [2.45, 2.75) is 38.3 Å². The maximum Gasteiger partial charge on any atom is 0.243 e. The van der Waals surface area contributed by atoms with Crippen molar-refractivity contribution in [2.24, 2.45) is 0 Å². The summed E-state index contributed by atoms with van der Waals surface area (Å²) in [6.07, 6.45) is 3.13. The van der Waals surface area contributed by atoms with Gasteiger partial charge in [-0.25, -0.2) is 0 Å². The molecule has 2 amide bonds. The van der Waals surface area contributed by atoms with E-state index in [1.165, 1.54) is 11.3 Å². The molecule has 2 fully saturated rings. The molecular weight excluding hydrogens is 386 g/mol. The van der Waals surface area contributed by atoms with Crippen LogP contribution >= 0.6 is 22.9 Å². The van der Waals surface area contributed by atoms with Crippen LogP contribution in [0.1, 0.15) is 31.2 Å². The van der Waals surface area contributed by atoms with Crippen LogP contribution in [0.5, 0.6) is 0 Å². The third-order valence-electron chi connectivity index (χ3n) is 4.89. The second kappa shape index (κ2) is 7.82. The molecule has 2 aliphatic rings. The first-order chi connectivity index (χ1) is 13.1. The second-order valence-electron chi connectivity index (χ2n) is 6.71. The number of hydrogen-bond donors (Lipinski definition) is 1. The topological polar surface area (TPSA) is 78.4 Å². The molecule has 1 atom stereocenters. The Morgan fingerprint density at radius 1 is 1.19 bits per heavy atom. The van der Waals surface area contributed by atoms with Crippen LogP contribution in [0.4, 0.5) is 10.3 Å². The van der Waals surface area contributed by atoms with Gasteiger partial charge in [-0.05, 0) is 37.0 Å². The summed E-state index contributed by atoms with van der Waals surface area (Å²) in [4.78, 5) is 28.3. The number of hydrogen-bond acceptors (Lipinski definition) is 6. The molecule has 1 aromatic heterocycles. The van der Waals surface area contributed by atoms with Crippen molar-refractivity contribution in [3.05, 3.63) is 34.9 Å². The molecule has 7 nitrogen and oxygen atoms in total. The lowest BCUT2D eigenvalue weighted by atomic mass is 10.2. The molecule has 9 heteroatoms. The van der Waals surface area contributed by atoms with Crippen molar-refractivity contribution in [3.8, 4) is 0 Å². The second-order valence-corrected chi connectivity index (χ2v) is 8.08. The number of carbonyl (C=O) groups is 2. The monoisotopic (exact) mass is 405 g/mol. The summed E-state index contributed by atoms with van der Waals surface area (Å²) >= 11 is 7.28. The highest BCUT2D eigenvalue weighted by atomic mass is 35.5. The summed E-state index contributed by atoms with van der Waals surface area (Å²) in [5, 5.41) is 13.4. The molecule has 3 heterocycles. The maximum absolute atomic E-state index is 12.7. The molecule has 0 radical (unpaired) electrons. The molecule has 27 heavy (non-hydrogen) atoms. The quantitative estimate of drug-likeness (QED) is 0.827. The third-order valence-corrected chi connectivity index (χ3v) is 6.12. The fraction of sp³-hybridized carbons (Fsp3) is 0.444. The normalized spacial score (nSPS) is 19.7. The average molecular weight is 406 g/mol. The Balaban J connectivity index is 1.41. The van der Waals surface area contributed by atoms with Gasteiger partial charge in [0.25, 0.3) is 0 Å². The van der Waals surface area contributed by atoms with Crippen molar-refractivity contribution in [3.63, 3.8) is 0 Å². The average Bonchev–Trinajstić information content (AvgIpc) is 3.40. The summed E-state index contributed by atoms with van der Waals surface area (Å²) in [6, 6.07) is 7.17. The third kappa shape index (κ3) is 3.91. The number of nitrogens with one attached hydrogen (secondary N) is 1. The number of benzene rings is 1. The van der Waals surface area contributed by atoms with E-state index in [1.54, 1.807) is 4.90 Å². The lowest BCUT2D eigenvalue weighted by Crippen LogP contribution is -2.43. The summed E-state index contributed by atoms with van der Waals surface area (Å²) in [5.74, 6) is 0.0767. The van der Waals surface area contributed by atoms with Gasteiger partial charge in [0.2, 0.25) is 22.1 Å². The largest absolute Gasteiger partial charge is 0.350 e. The number of halogens is 1. The van der Waals surface area contributed by atoms with E-state index in [9.17, 15) is 9.59 Å². The van der Waals surface area contributed by atoms with Gasteiger partial charge in [0.05, 0.1) is 0 Å². The highest BCUT2D eigenvalue weighted by Crippen LogP contribution is 2.33. The van der Waals surface area contributed by atoms with Crippen LogP contribution in [0.2, 0.25) is 5.02 Å². The first-order valence-corrected chi connectivity index (χ1v) is 10.2. The summed E-state index contributed by atoms with van der Waals surface area (Å²) < 4.78 is 0. The zero-order chi connectivity index (χ0) is 18.8. The molecule has 142 valence electrons. The number of nitrogens with zero attached hydrogens (tertiary/aromatic N) is 4. The number of rotatable bonds is 5. The van der Waals surface area contributed by atoms with Crippen LogP contribution in [-0.2, 0) is 16.1 Å². The molecule has 0 spiro atoms. The molecule has 2 saturated heterocycles. The minimum atomic E-state index is -0.257. The van der Waals surface area contributed by atoms with Gasteiger partial charge < -0.3 is 10.2 Å². The fourth-order valence-corrected chi connectivity index (χ4v) is 4.55. The molecular formula is C18H20ClN5O2S. The van der Waals surface area contributed by atoms with E-state index < -0.39 is 0 Å². The maximum atomic E-state index is 12.7. The van der Waals surface area contributed by atoms with Crippen molar-refractivity contribution < 1.29 is 9.59 Å². The summed E-state index contributed by atoms with van der Waals surface area (Å²) in [5.41, 5.74) is 1.00. The van der Waals surface area contributed by atoms with Crippen LogP contribution in [0.25, 0.3) is 0 Å². The number of amides is 2. The zero-order valence-electron chi connectivity index (χ0n) is 14.7. The predicted octanol–water partition coefficient (Wildman–Crippen LogP) is 2.60. The number of aromatic nitrogens is 2. The Morgan fingerprint density at radius 3 is 2.70 bits per heavy atom. The van der Waals surface area contributed by atoms with E-state index in [0.717, 1.165) is 31.4 Å². The first-order valence-electron chi connectivity index (χ1n) is 9.04. The van der Waals surface area contributed by atoms with Gasteiger partial charge in [0, 0.05) is 31.1 Å². The van der Waals surface area contributed by atoms with Gasteiger partial charge in [-0.3, -0.25) is 14.5 Å². The van der Waals surface area contributed by atoms with E-state index in [4.69, 9.17) is 11.6 Å². The van der Waals surface area contributed by atoms with Gasteiger partial charge in [-0.1, -0.05) is 35.1 Å². The molecule has 1 N–H and O–H groups in total. The fourth-order valence-electron chi connectivity index (χ4n) is 3.46. The van der Waals surface area contributed by atoms with Crippen LogP contribution in [0, 0.1) is 0 Å². The lowest BCUT2D eigenvalue weighted by molar-refractivity contribution is -0.122. The molecule has 0 saturated carbocycles. The van der Waals surface area contributed by atoms with Gasteiger partial charge in [0.1, 0.15) is 6.04 Å². The van der Waals surface area contributed by atoms with Crippen molar-refractivity contribution in [2.75, 3.05) is 22.9 Å². The minimum Gasteiger partial charge on any atom is -0.350 e. The minimum absolute atomic E-state index is 0.0172. The lowest BCUT2D eigenvalue weighted by Gasteiger charge is -2.22. The highest BCUT2D eigenvalue weighted by Gasteiger charge is 2.34. The Kier molecular flexibility index (Phi) is 5.27. The van der Waals surface area contributed by atoms with E-state index in [1.807, 2.05) is 29.2 Å². The Morgan fingerprint density at radius 2 is 1.96 bits per heavy atom. The smallest absolute Gasteiger partial charge is 0.243 e. The molecule has 0 unspecified atom stereocenters.